The Kier molecular flexibility index (Phi) is 3.42. The Bertz CT molecular complexity index is 267. The highest BCUT2D eigenvalue weighted by Crippen LogP contribution is 2.16. The van der Waals surface area contributed by atoms with Crippen molar-refractivity contribution in [1.29, 1.82) is 0 Å². The van der Waals surface area contributed by atoms with Gasteiger partial charge in [0.1, 0.15) is 11.6 Å². The van der Waals surface area contributed by atoms with Crippen molar-refractivity contribution >= 4 is 0 Å². The molecule has 0 aliphatic heterocycles. The van der Waals surface area contributed by atoms with Crippen molar-refractivity contribution in [3.8, 4) is 0 Å². The Morgan fingerprint density at radius 1 is 1.46 bits per heavy atom. The number of aryl methyl sites for hydroxylation is 1. The van der Waals surface area contributed by atoms with Crippen LogP contribution in [0, 0.1) is 6.92 Å². The van der Waals surface area contributed by atoms with E-state index in [4.69, 9.17) is 5.73 Å². The summed E-state index contributed by atoms with van der Waals surface area (Å²) in [5.41, 5.74) is 5.51. The summed E-state index contributed by atoms with van der Waals surface area (Å²) in [5, 5.41) is 8.23. The summed E-state index contributed by atoms with van der Waals surface area (Å²) >= 11 is 0. The molecule has 13 heavy (non-hydrogen) atoms. The second-order valence-electron chi connectivity index (χ2n) is 3.33. The minimum atomic E-state index is 0.408. The Morgan fingerprint density at radius 2 is 2.15 bits per heavy atom. The molecule has 2 N–H and O–H groups in total. The molecule has 0 fully saturated rings. The van der Waals surface area contributed by atoms with E-state index < -0.39 is 0 Å². The van der Waals surface area contributed by atoms with Crippen LogP contribution in [0.25, 0.3) is 0 Å². The van der Waals surface area contributed by atoms with Crippen molar-refractivity contribution < 1.29 is 0 Å². The number of rotatable bonds is 4. The number of aromatic nitrogens is 3. The van der Waals surface area contributed by atoms with Crippen molar-refractivity contribution in [3.05, 3.63) is 11.6 Å². The first kappa shape index (κ1) is 10.2. The lowest BCUT2D eigenvalue weighted by Crippen LogP contribution is -2.11. The quantitative estimate of drug-likeness (QED) is 0.757. The monoisotopic (exact) mass is 182 g/mol. The van der Waals surface area contributed by atoms with Crippen LogP contribution in [-0.2, 0) is 6.54 Å². The average molecular weight is 182 g/mol. The van der Waals surface area contributed by atoms with Crippen molar-refractivity contribution in [2.75, 3.05) is 6.54 Å². The third-order valence-electron chi connectivity index (χ3n) is 2.32. The van der Waals surface area contributed by atoms with Gasteiger partial charge >= 0.3 is 0 Å². The molecule has 0 aliphatic rings. The van der Waals surface area contributed by atoms with Gasteiger partial charge in [-0.1, -0.05) is 6.92 Å². The van der Waals surface area contributed by atoms with Crippen molar-refractivity contribution in [3.63, 3.8) is 0 Å². The topological polar surface area (TPSA) is 56.7 Å². The molecule has 4 heteroatoms. The number of hydrogen-bond acceptors (Lipinski definition) is 3. The highest BCUT2D eigenvalue weighted by Gasteiger charge is 2.13. The van der Waals surface area contributed by atoms with Crippen molar-refractivity contribution in [2.45, 2.75) is 39.7 Å². The van der Waals surface area contributed by atoms with E-state index in [1.165, 1.54) is 0 Å². The molecule has 0 amide bonds. The highest BCUT2D eigenvalue weighted by molar-refractivity contribution is 4.99. The van der Waals surface area contributed by atoms with Gasteiger partial charge in [0.05, 0.1) is 0 Å². The molecule has 1 unspecified atom stereocenters. The minimum Gasteiger partial charge on any atom is -0.330 e. The van der Waals surface area contributed by atoms with Crippen LogP contribution < -0.4 is 5.73 Å². The largest absolute Gasteiger partial charge is 0.330 e. The minimum absolute atomic E-state index is 0.408. The fraction of sp³-hybridized carbons (Fsp3) is 0.778. The Morgan fingerprint density at radius 3 is 2.69 bits per heavy atom. The maximum absolute atomic E-state index is 5.51. The van der Waals surface area contributed by atoms with E-state index in [9.17, 15) is 0 Å². The van der Waals surface area contributed by atoms with Crippen molar-refractivity contribution in [2.24, 2.45) is 5.73 Å². The number of nitrogens with two attached hydrogens (primary N) is 1. The zero-order valence-corrected chi connectivity index (χ0v) is 8.62. The van der Waals surface area contributed by atoms with Gasteiger partial charge in [0, 0.05) is 12.5 Å². The molecule has 0 saturated heterocycles. The predicted molar refractivity (Wildman–Crippen MR) is 52.5 cm³/mol. The van der Waals surface area contributed by atoms with Gasteiger partial charge in [-0.25, -0.2) is 0 Å². The average Bonchev–Trinajstić information content (AvgIpc) is 2.47. The van der Waals surface area contributed by atoms with Gasteiger partial charge in [-0.15, -0.1) is 10.2 Å². The van der Waals surface area contributed by atoms with Crippen LogP contribution in [0.3, 0.4) is 0 Å². The van der Waals surface area contributed by atoms with Gasteiger partial charge in [0.2, 0.25) is 0 Å². The van der Waals surface area contributed by atoms with Crippen LogP contribution in [0.2, 0.25) is 0 Å². The molecule has 0 aliphatic carbocycles. The first-order valence-electron chi connectivity index (χ1n) is 4.80. The molecule has 0 bridgehead atoms. The van der Waals surface area contributed by atoms with Crippen molar-refractivity contribution in [1.82, 2.24) is 14.8 Å². The normalized spacial score (nSPS) is 13.2. The van der Waals surface area contributed by atoms with Gasteiger partial charge in [0.25, 0.3) is 0 Å². The Hall–Kier alpha value is -0.900. The van der Waals surface area contributed by atoms with Gasteiger partial charge in [-0.05, 0) is 26.8 Å². The molecule has 4 nitrogen and oxygen atoms in total. The zero-order valence-electron chi connectivity index (χ0n) is 8.62. The molecule has 1 heterocycles. The van der Waals surface area contributed by atoms with Crippen LogP contribution in [0.15, 0.2) is 0 Å². The van der Waals surface area contributed by atoms with E-state index in [-0.39, 0.29) is 0 Å². The van der Waals surface area contributed by atoms with E-state index in [0.717, 1.165) is 24.6 Å². The molecule has 1 aromatic heterocycles. The lowest BCUT2D eigenvalue weighted by Gasteiger charge is -2.10. The molecule has 0 aromatic carbocycles. The van der Waals surface area contributed by atoms with E-state index in [0.29, 0.717) is 12.5 Å². The summed E-state index contributed by atoms with van der Waals surface area (Å²) in [7, 11) is 0. The number of nitrogens with zero attached hydrogens (tertiary/aromatic N) is 3. The summed E-state index contributed by atoms with van der Waals surface area (Å²) in [6, 6.07) is 0. The first-order valence-corrected chi connectivity index (χ1v) is 4.80. The van der Waals surface area contributed by atoms with E-state index in [2.05, 4.69) is 28.6 Å². The van der Waals surface area contributed by atoms with Gasteiger partial charge < -0.3 is 10.3 Å². The molecule has 0 spiro atoms. The second-order valence-corrected chi connectivity index (χ2v) is 3.33. The molecule has 0 radical (unpaired) electrons. The Labute approximate surface area is 79.2 Å². The third-order valence-corrected chi connectivity index (χ3v) is 2.32. The third kappa shape index (κ3) is 2.06. The number of hydrogen-bond donors (Lipinski definition) is 1. The molecule has 1 aromatic rings. The summed E-state index contributed by atoms with van der Waals surface area (Å²) in [4.78, 5) is 0. The predicted octanol–water partition coefficient (Wildman–Crippen LogP) is 1.06. The maximum Gasteiger partial charge on any atom is 0.135 e. The van der Waals surface area contributed by atoms with E-state index in [1.54, 1.807) is 0 Å². The molecule has 0 saturated carbocycles. The van der Waals surface area contributed by atoms with Gasteiger partial charge in [-0.3, -0.25) is 0 Å². The maximum atomic E-state index is 5.51. The first-order chi connectivity index (χ1) is 6.20. The standard InChI is InChI=1S/C9H18N4/c1-4-13-8(3)11-12-9(13)7(2)5-6-10/h7H,4-6,10H2,1-3H3. The van der Waals surface area contributed by atoms with Crippen LogP contribution in [-0.4, -0.2) is 21.3 Å². The molecule has 1 rings (SSSR count). The molecular weight excluding hydrogens is 164 g/mol. The molecular formula is C9H18N4. The summed E-state index contributed by atoms with van der Waals surface area (Å²) in [5.74, 6) is 2.46. The zero-order chi connectivity index (χ0) is 9.84. The van der Waals surface area contributed by atoms with Crippen LogP contribution >= 0.6 is 0 Å². The van der Waals surface area contributed by atoms with Gasteiger partial charge in [-0.2, -0.15) is 0 Å². The fourth-order valence-corrected chi connectivity index (χ4v) is 1.53. The van der Waals surface area contributed by atoms with E-state index in [1.807, 2.05) is 6.92 Å². The smallest absolute Gasteiger partial charge is 0.135 e. The van der Waals surface area contributed by atoms with Crippen LogP contribution in [0.1, 0.15) is 37.8 Å². The highest BCUT2D eigenvalue weighted by atomic mass is 15.3. The fourth-order valence-electron chi connectivity index (χ4n) is 1.53. The van der Waals surface area contributed by atoms with Crippen LogP contribution in [0.4, 0.5) is 0 Å². The summed E-state index contributed by atoms with van der Waals surface area (Å²) in [6.07, 6.45) is 0.970. The second kappa shape index (κ2) is 4.37. The van der Waals surface area contributed by atoms with Crippen LogP contribution in [0.5, 0.6) is 0 Å². The summed E-state index contributed by atoms with van der Waals surface area (Å²) in [6.45, 7) is 7.87. The SMILES string of the molecule is CCn1c(C)nnc1C(C)CCN. The Balaban J connectivity index is 2.86. The summed E-state index contributed by atoms with van der Waals surface area (Å²) < 4.78 is 2.14. The van der Waals surface area contributed by atoms with Gasteiger partial charge in [0.15, 0.2) is 0 Å². The molecule has 1 atom stereocenters. The molecule has 74 valence electrons. The van der Waals surface area contributed by atoms with E-state index >= 15 is 0 Å². The lowest BCUT2D eigenvalue weighted by atomic mass is 10.1. The lowest BCUT2D eigenvalue weighted by molar-refractivity contribution is 0.585.